The summed E-state index contributed by atoms with van der Waals surface area (Å²) in [5.74, 6) is 0.215. The zero-order valence-corrected chi connectivity index (χ0v) is 7.23. The molecule has 4 heteroatoms. The topological polar surface area (TPSA) is 60.2 Å². The van der Waals surface area contributed by atoms with E-state index in [4.69, 9.17) is 5.73 Å². The molecule has 0 amide bonds. The van der Waals surface area contributed by atoms with Crippen LogP contribution >= 0.6 is 0 Å². The fourth-order valence-electron chi connectivity index (χ4n) is 2.34. The second-order valence-electron chi connectivity index (χ2n) is 3.66. The summed E-state index contributed by atoms with van der Waals surface area (Å²) in [4.78, 5) is 0. The van der Waals surface area contributed by atoms with Crippen molar-refractivity contribution < 1.29 is 8.42 Å². The van der Waals surface area contributed by atoms with Gasteiger partial charge in [-0.25, -0.2) is 8.42 Å². The van der Waals surface area contributed by atoms with Crippen LogP contribution < -0.4 is 5.73 Å². The van der Waals surface area contributed by atoms with Crippen molar-refractivity contribution in [2.24, 2.45) is 5.73 Å². The van der Waals surface area contributed by atoms with Crippen molar-refractivity contribution in [2.75, 3.05) is 5.75 Å². The molecule has 1 saturated heterocycles. The Morgan fingerprint density at radius 1 is 1.27 bits per heavy atom. The van der Waals surface area contributed by atoms with Crippen LogP contribution in [0.3, 0.4) is 0 Å². The average molecular weight is 175 g/mol. The van der Waals surface area contributed by atoms with Crippen LogP contribution in [0.15, 0.2) is 0 Å². The van der Waals surface area contributed by atoms with E-state index >= 15 is 0 Å². The third-order valence-corrected chi connectivity index (χ3v) is 5.89. The maximum Gasteiger partial charge on any atom is 0.159 e. The Morgan fingerprint density at radius 2 is 1.82 bits per heavy atom. The summed E-state index contributed by atoms with van der Waals surface area (Å²) in [6, 6.07) is -0.0741. The van der Waals surface area contributed by atoms with Gasteiger partial charge >= 0.3 is 0 Å². The third-order valence-electron chi connectivity index (χ3n) is 3.14. The zero-order chi connectivity index (χ0) is 8.11. The van der Waals surface area contributed by atoms with E-state index in [9.17, 15) is 8.42 Å². The zero-order valence-electron chi connectivity index (χ0n) is 6.41. The van der Waals surface area contributed by atoms with E-state index in [0.29, 0.717) is 0 Å². The van der Waals surface area contributed by atoms with Gasteiger partial charge in [0, 0.05) is 6.04 Å². The Bertz CT molecular complexity index is 264. The molecule has 0 aromatic rings. The molecule has 64 valence electrons. The molecule has 1 spiro atoms. The molecule has 2 rings (SSSR count). The lowest BCUT2D eigenvalue weighted by Crippen LogP contribution is -2.66. The lowest BCUT2D eigenvalue weighted by molar-refractivity contribution is 0.407. The first-order chi connectivity index (χ1) is 5.08. The number of nitrogens with two attached hydrogens (primary N) is 1. The Balaban J connectivity index is 2.36. The van der Waals surface area contributed by atoms with Crippen molar-refractivity contribution in [1.82, 2.24) is 0 Å². The van der Waals surface area contributed by atoms with Gasteiger partial charge in [0.2, 0.25) is 0 Å². The average Bonchev–Trinajstić information content (AvgIpc) is 2.34. The Morgan fingerprint density at radius 3 is 2.09 bits per heavy atom. The smallest absolute Gasteiger partial charge is 0.159 e. The molecule has 3 nitrogen and oxygen atoms in total. The predicted octanol–water partition coefficient (Wildman–Crippen LogP) is 0.0549. The summed E-state index contributed by atoms with van der Waals surface area (Å²) < 4.78 is 22.3. The summed E-state index contributed by atoms with van der Waals surface area (Å²) >= 11 is 0. The van der Waals surface area contributed by atoms with Crippen LogP contribution in [0.2, 0.25) is 0 Å². The standard InChI is InChI=1S/C7H13NO2S/c8-6-5-11(9,10)7(6)3-1-2-4-7/h6H,1-5,8H2. The van der Waals surface area contributed by atoms with E-state index in [1.807, 2.05) is 0 Å². The molecule has 2 fully saturated rings. The molecule has 1 saturated carbocycles. The second-order valence-corrected chi connectivity index (χ2v) is 6.04. The van der Waals surface area contributed by atoms with Crippen molar-refractivity contribution >= 4 is 9.84 Å². The lowest BCUT2D eigenvalue weighted by Gasteiger charge is -2.43. The van der Waals surface area contributed by atoms with Crippen LogP contribution in [0.1, 0.15) is 25.7 Å². The molecule has 0 aromatic carbocycles. The van der Waals surface area contributed by atoms with Gasteiger partial charge in [0.1, 0.15) is 0 Å². The summed E-state index contributed by atoms with van der Waals surface area (Å²) in [5, 5.41) is 0. The van der Waals surface area contributed by atoms with Gasteiger partial charge in [0.05, 0.1) is 10.5 Å². The van der Waals surface area contributed by atoms with Crippen molar-refractivity contribution in [3.8, 4) is 0 Å². The first-order valence-electron chi connectivity index (χ1n) is 4.06. The molecule has 1 heterocycles. The highest BCUT2D eigenvalue weighted by atomic mass is 32.2. The largest absolute Gasteiger partial charge is 0.325 e. The molecule has 0 aromatic heterocycles. The number of rotatable bonds is 0. The maximum atomic E-state index is 11.4. The van der Waals surface area contributed by atoms with Crippen molar-refractivity contribution in [1.29, 1.82) is 0 Å². The Hall–Kier alpha value is -0.0900. The molecule has 1 aliphatic carbocycles. The van der Waals surface area contributed by atoms with Gasteiger partial charge in [0.25, 0.3) is 0 Å². The van der Waals surface area contributed by atoms with Gasteiger partial charge in [-0.15, -0.1) is 0 Å². The van der Waals surface area contributed by atoms with Crippen LogP contribution in [0.25, 0.3) is 0 Å². The fourth-order valence-corrected chi connectivity index (χ4v) is 4.62. The van der Waals surface area contributed by atoms with E-state index in [1.165, 1.54) is 0 Å². The first kappa shape index (κ1) is 7.55. The first-order valence-corrected chi connectivity index (χ1v) is 5.72. The van der Waals surface area contributed by atoms with Crippen LogP contribution in [-0.4, -0.2) is 25.0 Å². The molecular weight excluding hydrogens is 162 g/mol. The van der Waals surface area contributed by atoms with Gasteiger partial charge in [-0.1, -0.05) is 12.8 Å². The van der Waals surface area contributed by atoms with E-state index in [2.05, 4.69) is 0 Å². The minimum absolute atomic E-state index is 0.0741. The maximum absolute atomic E-state index is 11.4. The van der Waals surface area contributed by atoms with E-state index < -0.39 is 14.6 Å². The van der Waals surface area contributed by atoms with Gasteiger partial charge in [-0.3, -0.25) is 0 Å². The van der Waals surface area contributed by atoms with Crippen molar-refractivity contribution in [2.45, 2.75) is 36.5 Å². The SMILES string of the molecule is NC1CS(=O)(=O)C12CCCC2. The van der Waals surface area contributed by atoms with Crippen LogP contribution in [-0.2, 0) is 9.84 Å². The quantitative estimate of drug-likeness (QED) is 0.566. The third kappa shape index (κ3) is 0.742. The van der Waals surface area contributed by atoms with Gasteiger partial charge in [0.15, 0.2) is 9.84 Å². The molecular formula is C7H13NO2S. The monoisotopic (exact) mass is 175 g/mol. The van der Waals surface area contributed by atoms with E-state index in [-0.39, 0.29) is 11.8 Å². The van der Waals surface area contributed by atoms with Gasteiger partial charge in [-0.2, -0.15) is 0 Å². The highest BCUT2D eigenvalue weighted by molar-refractivity contribution is 7.94. The van der Waals surface area contributed by atoms with Crippen molar-refractivity contribution in [3.05, 3.63) is 0 Å². The molecule has 1 aliphatic heterocycles. The molecule has 1 atom stereocenters. The molecule has 1 unspecified atom stereocenters. The normalized spacial score (nSPS) is 38.8. The highest BCUT2D eigenvalue weighted by Crippen LogP contribution is 2.46. The number of hydrogen-bond donors (Lipinski definition) is 1. The fraction of sp³-hybridized carbons (Fsp3) is 1.00. The lowest BCUT2D eigenvalue weighted by atomic mass is 9.98. The van der Waals surface area contributed by atoms with Gasteiger partial charge < -0.3 is 5.73 Å². The summed E-state index contributed by atoms with van der Waals surface area (Å²) in [5.41, 5.74) is 5.72. The minimum Gasteiger partial charge on any atom is -0.325 e. The summed E-state index contributed by atoms with van der Waals surface area (Å²) in [6.07, 6.45) is 3.67. The highest BCUT2D eigenvalue weighted by Gasteiger charge is 2.59. The number of sulfone groups is 1. The molecule has 0 radical (unpaired) electrons. The summed E-state index contributed by atoms with van der Waals surface area (Å²) in [6.45, 7) is 0. The van der Waals surface area contributed by atoms with Gasteiger partial charge in [-0.05, 0) is 12.8 Å². The Kier molecular flexibility index (Phi) is 1.36. The van der Waals surface area contributed by atoms with Crippen LogP contribution in [0.4, 0.5) is 0 Å². The second kappa shape index (κ2) is 1.98. The number of hydrogen-bond acceptors (Lipinski definition) is 3. The van der Waals surface area contributed by atoms with E-state index in [0.717, 1.165) is 25.7 Å². The van der Waals surface area contributed by atoms with Crippen LogP contribution in [0, 0.1) is 0 Å². The van der Waals surface area contributed by atoms with Crippen molar-refractivity contribution in [3.63, 3.8) is 0 Å². The summed E-state index contributed by atoms with van der Waals surface area (Å²) in [7, 11) is -2.80. The molecule has 0 bridgehead atoms. The Labute approximate surface area is 66.9 Å². The molecule has 2 N–H and O–H groups in total. The van der Waals surface area contributed by atoms with E-state index in [1.54, 1.807) is 0 Å². The predicted molar refractivity (Wildman–Crippen MR) is 43.0 cm³/mol. The van der Waals surface area contributed by atoms with Crippen LogP contribution in [0.5, 0.6) is 0 Å². The molecule has 2 aliphatic rings. The minimum atomic E-state index is -2.80. The molecule has 11 heavy (non-hydrogen) atoms.